The molecule has 1 amide bonds. The van der Waals surface area contributed by atoms with E-state index in [0.717, 1.165) is 20.8 Å². The molecule has 0 aliphatic carbocycles. The van der Waals surface area contributed by atoms with E-state index in [1.165, 1.54) is 36.0 Å². The van der Waals surface area contributed by atoms with E-state index in [-0.39, 0.29) is 5.56 Å². The maximum Gasteiger partial charge on any atom is 0.340 e. The van der Waals surface area contributed by atoms with E-state index in [1.54, 1.807) is 35.6 Å². The fourth-order valence-electron chi connectivity index (χ4n) is 3.35. The number of carbonyl (C=O) groups is 2. The van der Waals surface area contributed by atoms with Gasteiger partial charge in [0.25, 0.3) is 5.91 Å². The van der Waals surface area contributed by atoms with Crippen LogP contribution < -0.4 is 5.32 Å². The number of pyridine rings is 1. The first-order valence-electron chi connectivity index (χ1n) is 10.8. The number of nitrogens with zero attached hydrogens (tertiary/aromatic N) is 5. The van der Waals surface area contributed by atoms with Gasteiger partial charge in [-0.2, -0.15) is 5.10 Å². The van der Waals surface area contributed by atoms with Crippen molar-refractivity contribution >= 4 is 39.1 Å². The Kier molecular flexibility index (Phi) is 6.02. The largest absolute Gasteiger partial charge is 0.449 e. The number of thiazole rings is 1. The fourth-order valence-corrected chi connectivity index (χ4v) is 4.42. The van der Waals surface area contributed by atoms with Gasteiger partial charge in [-0.05, 0) is 67.9 Å². The summed E-state index contributed by atoms with van der Waals surface area (Å²) in [5.74, 6) is -0.574. The van der Waals surface area contributed by atoms with Crippen LogP contribution in [0.2, 0.25) is 0 Å². The normalized spacial score (nSPS) is 11.8. The molecule has 174 valence electrons. The Morgan fingerprint density at radius 3 is 2.63 bits per heavy atom. The molecule has 35 heavy (non-hydrogen) atoms. The van der Waals surface area contributed by atoms with Crippen LogP contribution in [-0.4, -0.2) is 42.7 Å². The lowest BCUT2D eigenvalue weighted by atomic mass is 10.2. The molecule has 5 rings (SSSR count). The van der Waals surface area contributed by atoms with Gasteiger partial charge in [0.1, 0.15) is 17.7 Å². The third kappa shape index (κ3) is 4.92. The summed E-state index contributed by atoms with van der Waals surface area (Å²) >= 11 is 1.62. The topological polar surface area (TPSA) is 112 Å². The number of rotatable bonds is 6. The molecule has 10 heteroatoms. The Morgan fingerprint density at radius 2 is 1.91 bits per heavy atom. The Labute approximate surface area is 204 Å². The predicted molar refractivity (Wildman–Crippen MR) is 132 cm³/mol. The van der Waals surface area contributed by atoms with Crippen molar-refractivity contribution in [3.05, 3.63) is 84.6 Å². The van der Waals surface area contributed by atoms with E-state index in [9.17, 15) is 9.59 Å². The molecule has 0 radical (unpaired) electrons. The molecule has 0 saturated heterocycles. The smallest absolute Gasteiger partial charge is 0.340 e. The number of anilines is 1. The number of nitrogens with one attached hydrogen (secondary N) is 1. The maximum absolute atomic E-state index is 12.6. The van der Waals surface area contributed by atoms with Gasteiger partial charge in [0.15, 0.2) is 11.9 Å². The van der Waals surface area contributed by atoms with Gasteiger partial charge in [-0.1, -0.05) is 6.07 Å². The van der Waals surface area contributed by atoms with Crippen molar-refractivity contribution < 1.29 is 14.3 Å². The Hall–Kier alpha value is -4.44. The summed E-state index contributed by atoms with van der Waals surface area (Å²) in [6, 6.07) is 16.8. The van der Waals surface area contributed by atoms with Crippen LogP contribution in [0.25, 0.3) is 26.6 Å². The average molecular weight is 485 g/mol. The lowest BCUT2D eigenvalue weighted by Crippen LogP contribution is -2.30. The third-order valence-corrected chi connectivity index (χ3v) is 6.30. The maximum atomic E-state index is 12.6. The number of aromatic nitrogens is 5. The predicted octanol–water partition coefficient (Wildman–Crippen LogP) is 4.43. The summed E-state index contributed by atoms with van der Waals surface area (Å²) in [7, 11) is 0. The van der Waals surface area contributed by atoms with Gasteiger partial charge in [-0.25, -0.2) is 24.4 Å². The first-order valence-corrected chi connectivity index (χ1v) is 11.6. The molecular formula is C25H20N6O3S. The molecular weight excluding hydrogens is 464 g/mol. The monoisotopic (exact) mass is 484 g/mol. The van der Waals surface area contributed by atoms with E-state index in [4.69, 9.17) is 4.74 Å². The highest BCUT2D eigenvalue weighted by molar-refractivity contribution is 7.21. The number of amides is 1. The number of esters is 1. The van der Waals surface area contributed by atoms with Crippen molar-refractivity contribution in [2.45, 2.75) is 20.0 Å². The Morgan fingerprint density at radius 1 is 1.09 bits per heavy atom. The number of aryl methyl sites for hydroxylation is 1. The molecule has 5 aromatic rings. The molecule has 0 fully saturated rings. The van der Waals surface area contributed by atoms with Crippen LogP contribution in [0.3, 0.4) is 0 Å². The molecule has 0 spiro atoms. The minimum Gasteiger partial charge on any atom is -0.449 e. The van der Waals surface area contributed by atoms with Gasteiger partial charge < -0.3 is 10.1 Å². The summed E-state index contributed by atoms with van der Waals surface area (Å²) in [6.07, 6.45) is 3.26. The van der Waals surface area contributed by atoms with Crippen molar-refractivity contribution in [1.82, 2.24) is 24.7 Å². The second kappa shape index (κ2) is 9.43. The zero-order valence-corrected chi connectivity index (χ0v) is 19.7. The van der Waals surface area contributed by atoms with Gasteiger partial charge in [-0.3, -0.25) is 4.79 Å². The number of ether oxygens (including phenoxy) is 1. The lowest BCUT2D eigenvalue weighted by molar-refractivity contribution is -0.123. The van der Waals surface area contributed by atoms with Crippen molar-refractivity contribution in [2.24, 2.45) is 0 Å². The van der Waals surface area contributed by atoms with Crippen LogP contribution in [0.4, 0.5) is 5.69 Å². The van der Waals surface area contributed by atoms with Crippen molar-refractivity contribution in [1.29, 1.82) is 0 Å². The minimum absolute atomic E-state index is 0.226. The zero-order valence-electron chi connectivity index (χ0n) is 18.9. The highest BCUT2D eigenvalue weighted by Crippen LogP contribution is 2.31. The molecule has 0 aliphatic heterocycles. The van der Waals surface area contributed by atoms with E-state index in [1.807, 2.05) is 24.3 Å². The Balaban J connectivity index is 1.20. The quantitative estimate of drug-likeness (QED) is 0.355. The molecule has 3 heterocycles. The van der Waals surface area contributed by atoms with Gasteiger partial charge in [0, 0.05) is 17.4 Å². The van der Waals surface area contributed by atoms with E-state index < -0.39 is 18.0 Å². The van der Waals surface area contributed by atoms with Gasteiger partial charge >= 0.3 is 5.97 Å². The van der Waals surface area contributed by atoms with Crippen molar-refractivity contribution in [3.63, 3.8) is 0 Å². The van der Waals surface area contributed by atoms with E-state index in [2.05, 4.69) is 38.4 Å². The second-order valence-electron chi connectivity index (χ2n) is 7.85. The molecule has 1 atom stereocenters. The summed E-state index contributed by atoms with van der Waals surface area (Å²) in [6.45, 7) is 3.57. The molecule has 1 N–H and O–H groups in total. The fraction of sp³-hybridized carbons (Fsp3) is 0.120. The number of carbonyl (C=O) groups excluding carboxylic acids is 2. The van der Waals surface area contributed by atoms with E-state index >= 15 is 0 Å². The molecule has 0 bridgehead atoms. The highest BCUT2D eigenvalue weighted by Gasteiger charge is 2.19. The third-order valence-electron chi connectivity index (χ3n) is 5.23. The minimum atomic E-state index is -0.996. The molecule has 0 unspecified atom stereocenters. The van der Waals surface area contributed by atoms with Gasteiger partial charge in [-0.15, -0.1) is 11.3 Å². The molecule has 9 nitrogen and oxygen atoms in total. The SMILES string of the molecule is Cc1ccc2nc(-c3ccc(NC(=O)[C@H](C)OC(=O)c4ccc(-n5cncn5)nc4)cc3)sc2c1. The standard InChI is InChI=1S/C25H20N6O3S/c1-15-3-9-20-21(11-15)35-24(30-20)17-4-7-19(8-5-17)29-23(32)16(2)34-25(33)18-6-10-22(27-12-18)31-14-26-13-28-31/h3-14,16H,1-2H3,(H,29,32)/t16-/m0/s1. The van der Waals surface area contributed by atoms with Crippen molar-refractivity contribution in [2.75, 3.05) is 5.32 Å². The zero-order chi connectivity index (χ0) is 24.4. The second-order valence-corrected chi connectivity index (χ2v) is 8.88. The first kappa shape index (κ1) is 22.4. The van der Waals surface area contributed by atoms with Crippen LogP contribution in [-0.2, 0) is 9.53 Å². The average Bonchev–Trinajstić information content (AvgIpc) is 3.54. The number of hydrogen-bond donors (Lipinski definition) is 1. The molecule has 2 aromatic carbocycles. The number of benzene rings is 2. The van der Waals surface area contributed by atoms with Gasteiger partial charge in [0.05, 0.1) is 15.8 Å². The van der Waals surface area contributed by atoms with Crippen LogP contribution in [0, 0.1) is 6.92 Å². The van der Waals surface area contributed by atoms with Crippen molar-refractivity contribution in [3.8, 4) is 16.4 Å². The molecule has 0 aliphatic rings. The van der Waals surface area contributed by atoms with Crippen LogP contribution in [0.1, 0.15) is 22.8 Å². The lowest BCUT2D eigenvalue weighted by Gasteiger charge is -2.14. The summed E-state index contributed by atoms with van der Waals surface area (Å²) in [5.41, 5.74) is 3.94. The van der Waals surface area contributed by atoms with Crippen LogP contribution >= 0.6 is 11.3 Å². The Bertz CT molecular complexity index is 1500. The molecule has 0 saturated carbocycles. The van der Waals surface area contributed by atoms with Gasteiger partial charge in [0.2, 0.25) is 0 Å². The summed E-state index contributed by atoms with van der Waals surface area (Å²) in [4.78, 5) is 37.7. The number of hydrogen-bond acceptors (Lipinski definition) is 8. The highest BCUT2D eigenvalue weighted by atomic mass is 32.1. The summed E-state index contributed by atoms with van der Waals surface area (Å²) < 4.78 is 7.91. The van der Waals surface area contributed by atoms with E-state index in [0.29, 0.717) is 11.5 Å². The molecule has 3 aromatic heterocycles. The van der Waals surface area contributed by atoms with Crippen LogP contribution in [0.5, 0.6) is 0 Å². The first-order chi connectivity index (χ1) is 17.0. The number of fused-ring (bicyclic) bond motifs is 1. The summed E-state index contributed by atoms with van der Waals surface area (Å²) in [5, 5.41) is 7.66. The van der Waals surface area contributed by atoms with Crippen LogP contribution in [0.15, 0.2) is 73.4 Å².